The van der Waals surface area contributed by atoms with Gasteiger partial charge in [-0.15, -0.1) is 0 Å². The maximum Gasteiger partial charge on any atom is 0.229 e. The molecule has 0 saturated carbocycles. The highest BCUT2D eigenvalue weighted by atomic mass is 16.2. The number of carbonyl (C=O) groups excluding carboxylic acids is 2. The van der Waals surface area contributed by atoms with Gasteiger partial charge in [0.1, 0.15) is 0 Å². The van der Waals surface area contributed by atoms with Crippen molar-refractivity contribution in [2.75, 3.05) is 16.8 Å². The molecule has 4 heteroatoms. The summed E-state index contributed by atoms with van der Waals surface area (Å²) in [6.45, 7) is 6.70. The normalized spacial score (nSPS) is 17.2. The fourth-order valence-corrected chi connectivity index (χ4v) is 3.38. The van der Waals surface area contributed by atoms with Gasteiger partial charge in [-0.2, -0.15) is 0 Å². The Labute approximate surface area is 148 Å². The minimum Gasteiger partial charge on any atom is -0.326 e. The number of hydrogen-bond acceptors (Lipinski definition) is 2. The molecule has 0 radical (unpaired) electrons. The number of anilines is 2. The minimum atomic E-state index is -0.327. The second-order valence-electron chi connectivity index (χ2n) is 6.93. The van der Waals surface area contributed by atoms with Crippen LogP contribution in [0.5, 0.6) is 0 Å². The maximum absolute atomic E-state index is 12.6. The van der Waals surface area contributed by atoms with Gasteiger partial charge in [0.2, 0.25) is 11.8 Å². The Morgan fingerprint density at radius 1 is 1.12 bits per heavy atom. The fraction of sp³-hybridized carbons (Fsp3) is 0.333. The number of para-hydroxylation sites is 2. The van der Waals surface area contributed by atoms with E-state index in [4.69, 9.17) is 0 Å². The largest absolute Gasteiger partial charge is 0.326 e. The summed E-state index contributed by atoms with van der Waals surface area (Å²) in [6.07, 6.45) is 0.255. The first-order chi connectivity index (χ1) is 12.0. The van der Waals surface area contributed by atoms with Crippen molar-refractivity contribution in [2.24, 2.45) is 5.92 Å². The van der Waals surface area contributed by atoms with Gasteiger partial charge in [-0.3, -0.25) is 9.59 Å². The van der Waals surface area contributed by atoms with Crippen LogP contribution in [-0.4, -0.2) is 18.4 Å². The van der Waals surface area contributed by atoms with E-state index < -0.39 is 0 Å². The van der Waals surface area contributed by atoms with Gasteiger partial charge in [-0.25, -0.2) is 0 Å². The lowest BCUT2D eigenvalue weighted by Crippen LogP contribution is -2.29. The van der Waals surface area contributed by atoms with Gasteiger partial charge in [-0.1, -0.05) is 50.2 Å². The Hall–Kier alpha value is -2.62. The minimum absolute atomic E-state index is 0.0180. The lowest BCUT2D eigenvalue weighted by molar-refractivity contribution is -0.122. The quantitative estimate of drug-likeness (QED) is 0.913. The molecule has 0 bridgehead atoms. The summed E-state index contributed by atoms with van der Waals surface area (Å²) in [7, 11) is 0. The number of benzene rings is 2. The summed E-state index contributed by atoms with van der Waals surface area (Å²) < 4.78 is 0. The molecule has 1 heterocycles. The van der Waals surface area contributed by atoms with Gasteiger partial charge in [-0.05, 0) is 36.1 Å². The monoisotopic (exact) mass is 336 g/mol. The number of carbonyl (C=O) groups is 2. The lowest BCUT2D eigenvalue weighted by atomic mass is 9.97. The molecule has 25 heavy (non-hydrogen) atoms. The van der Waals surface area contributed by atoms with Crippen LogP contribution in [0, 0.1) is 12.8 Å². The van der Waals surface area contributed by atoms with E-state index in [0.717, 1.165) is 22.5 Å². The predicted molar refractivity (Wildman–Crippen MR) is 101 cm³/mol. The average molecular weight is 336 g/mol. The smallest absolute Gasteiger partial charge is 0.229 e. The highest BCUT2D eigenvalue weighted by Gasteiger charge is 2.36. The third kappa shape index (κ3) is 3.58. The summed E-state index contributed by atoms with van der Waals surface area (Å²) >= 11 is 0. The van der Waals surface area contributed by atoms with Crippen molar-refractivity contribution in [1.29, 1.82) is 0 Å². The van der Waals surface area contributed by atoms with Crippen molar-refractivity contribution in [3.8, 4) is 0 Å². The molecule has 1 unspecified atom stereocenters. The molecule has 0 spiro atoms. The van der Waals surface area contributed by atoms with Gasteiger partial charge in [0, 0.05) is 24.3 Å². The summed E-state index contributed by atoms with van der Waals surface area (Å²) in [5.41, 5.74) is 3.95. The van der Waals surface area contributed by atoms with E-state index in [1.807, 2.05) is 49.4 Å². The molecule has 2 aromatic rings. The summed E-state index contributed by atoms with van der Waals surface area (Å²) in [5.74, 6) is -0.0848. The second-order valence-corrected chi connectivity index (χ2v) is 6.93. The van der Waals surface area contributed by atoms with Gasteiger partial charge in [0.15, 0.2) is 0 Å². The highest BCUT2D eigenvalue weighted by molar-refractivity contribution is 6.04. The number of nitrogens with one attached hydrogen (secondary N) is 1. The Morgan fingerprint density at radius 2 is 1.84 bits per heavy atom. The molecule has 1 atom stereocenters. The molecule has 130 valence electrons. The van der Waals surface area contributed by atoms with E-state index in [1.54, 1.807) is 4.90 Å². The molecule has 2 aromatic carbocycles. The van der Waals surface area contributed by atoms with E-state index in [9.17, 15) is 9.59 Å². The van der Waals surface area contributed by atoms with Crippen LogP contribution in [0.3, 0.4) is 0 Å². The molecule has 0 aliphatic carbocycles. The molecule has 1 saturated heterocycles. The SMILES string of the molecule is Cc1cccc(C(C)C)c1N1CC(C(=O)Nc2ccccc2)CC1=O. The van der Waals surface area contributed by atoms with E-state index >= 15 is 0 Å². The highest BCUT2D eigenvalue weighted by Crippen LogP contribution is 2.35. The molecule has 1 N–H and O–H groups in total. The molecule has 1 aliphatic rings. The zero-order valence-electron chi connectivity index (χ0n) is 15.0. The number of nitrogens with zero attached hydrogens (tertiary/aromatic N) is 1. The Morgan fingerprint density at radius 3 is 2.52 bits per heavy atom. The molecular weight excluding hydrogens is 312 g/mol. The van der Waals surface area contributed by atoms with E-state index in [0.29, 0.717) is 12.5 Å². The molecular formula is C21H24N2O2. The van der Waals surface area contributed by atoms with Crippen LogP contribution >= 0.6 is 0 Å². The van der Waals surface area contributed by atoms with Crippen LogP contribution in [0.2, 0.25) is 0 Å². The van der Waals surface area contributed by atoms with Gasteiger partial charge in [0.05, 0.1) is 5.92 Å². The van der Waals surface area contributed by atoms with Crippen LogP contribution in [0.15, 0.2) is 48.5 Å². The lowest BCUT2D eigenvalue weighted by Gasteiger charge is -2.24. The summed E-state index contributed by atoms with van der Waals surface area (Å²) in [4.78, 5) is 27.0. The standard InChI is InChI=1S/C21H24N2O2/c1-14(2)18-11-7-8-15(3)20(18)23-13-16(12-19(23)24)21(25)22-17-9-5-4-6-10-17/h4-11,14,16H,12-13H2,1-3H3,(H,22,25). The number of hydrogen-bond donors (Lipinski definition) is 1. The van der Waals surface area contributed by atoms with Crippen LogP contribution in [-0.2, 0) is 9.59 Å². The molecule has 2 amide bonds. The molecule has 3 rings (SSSR count). The zero-order valence-corrected chi connectivity index (χ0v) is 15.0. The van der Waals surface area contributed by atoms with Crippen molar-refractivity contribution in [3.63, 3.8) is 0 Å². The number of aryl methyl sites for hydroxylation is 1. The van der Waals surface area contributed by atoms with Gasteiger partial charge < -0.3 is 10.2 Å². The first kappa shape index (κ1) is 17.2. The van der Waals surface area contributed by atoms with Crippen molar-refractivity contribution < 1.29 is 9.59 Å². The van der Waals surface area contributed by atoms with E-state index in [2.05, 4.69) is 25.2 Å². The molecule has 1 aliphatic heterocycles. The Kier molecular flexibility index (Phi) is 4.88. The fourth-order valence-electron chi connectivity index (χ4n) is 3.38. The summed E-state index contributed by atoms with van der Waals surface area (Å²) in [6, 6.07) is 15.5. The van der Waals surface area contributed by atoms with E-state index in [1.165, 1.54) is 0 Å². The number of amides is 2. The predicted octanol–water partition coefficient (Wildman–Crippen LogP) is 4.11. The van der Waals surface area contributed by atoms with Crippen LogP contribution in [0.4, 0.5) is 11.4 Å². The third-order valence-corrected chi connectivity index (χ3v) is 4.70. The zero-order chi connectivity index (χ0) is 18.0. The molecule has 4 nitrogen and oxygen atoms in total. The van der Waals surface area contributed by atoms with Crippen molar-refractivity contribution in [3.05, 3.63) is 59.7 Å². The second kappa shape index (κ2) is 7.09. The van der Waals surface area contributed by atoms with Crippen molar-refractivity contribution >= 4 is 23.2 Å². The van der Waals surface area contributed by atoms with Crippen LogP contribution in [0.25, 0.3) is 0 Å². The van der Waals surface area contributed by atoms with Crippen LogP contribution < -0.4 is 10.2 Å². The molecule has 0 aromatic heterocycles. The Bertz CT molecular complexity index is 784. The summed E-state index contributed by atoms with van der Waals surface area (Å²) in [5, 5.41) is 2.91. The Balaban J connectivity index is 1.81. The third-order valence-electron chi connectivity index (χ3n) is 4.70. The average Bonchev–Trinajstić information content (AvgIpc) is 2.97. The van der Waals surface area contributed by atoms with Crippen molar-refractivity contribution in [2.45, 2.75) is 33.1 Å². The first-order valence-electron chi connectivity index (χ1n) is 8.73. The van der Waals surface area contributed by atoms with Crippen LogP contribution in [0.1, 0.15) is 37.3 Å². The van der Waals surface area contributed by atoms with Gasteiger partial charge >= 0.3 is 0 Å². The van der Waals surface area contributed by atoms with Crippen molar-refractivity contribution in [1.82, 2.24) is 0 Å². The maximum atomic E-state index is 12.6. The number of rotatable bonds is 4. The first-order valence-corrected chi connectivity index (χ1v) is 8.73. The van der Waals surface area contributed by atoms with Gasteiger partial charge in [0.25, 0.3) is 0 Å². The molecule has 1 fully saturated rings. The van der Waals surface area contributed by atoms with E-state index in [-0.39, 0.29) is 24.2 Å². The topological polar surface area (TPSA) is 49.4 Å².